The van der Waals surface area contributed by atoms with Crippen molar-refractivity contribution in [3.05, 3.63) is 216 Å². The van der Waals surface area contributed by atoms with Gasteiger partial charge in [-0.1, -0.05) is 194 Å². The van der Waals surface area contributed by atoms with Crippen LogP contribution in [0.5, 0.6) is 0 Å². The van der Waals surface area contributed by atoms with Crippen LogP contribution in [0.25, 0.3) is 56.2 Å². The van der Waals surface area contributed by atoms with Crippen LogP contribution in [0.1, 0.15) is 22.3 Å². The van der Waals surface area contributed by atoms with Crippen LogP contribution in [-0.2, 0) is 5.41 Å². The van der Waals surface area contributed by atoms with E-state index >= 15 is 0 Å². The second-order valence-corrected chi connectivity index (χ2v) is 12.5. The fourth-order valence-electron chi connectivity index (χ4n) is 7.54. The maximum absolute atomic E-state index is 5.45. The van der Waals surface area contributed by atoms with Crippen LogP contribution in [0.15, 0.2) is 194 Å². The summed E-state index contributed by atoms with van der Waals surface area (Å²) in [7, 11) is 0. The largest absolute Gasteiger partial charge is 0.228 e. The molecule has 0 spiro atoms. The van der Waals surface area contributed by atoms with Gasteiger partial charge in [0, 0.05) is 22.3 Å². The lowest BCUT2D eigenvalue weighted by atomic mass is 9.67. The third-order valence-electron chi connectivity index (χ3n) is 9.80. The molecule has 49 heavy (non-hydrogen) atoms. The van der Waals surface area contributed by atoms with Crippen molar-refractivity contribution in [2.45, 2.75) is 5.41 Å². The molecular formula is C47H32N2. The molecule has 1 aliphatic rings. The fourth-order valence-corrected chi connectivity index (χ4v) is 7.54. The van der Waals surface area contributed by atoms with E-state index in [4.69, 9.17) is 9.97 Å². The van der Waals surface area contributed by atoms with E-state index in [0.717, 1.165) is 45.0 Å². The molecule has 0 N–H and O–H groups in total. The summed E-state index contributed by atoms with van der Waals surface area (Å²) in [4.78, 5) is 10.9. The van der Waals surface area contributed by atoms with Gasteiger partial charge in [-0.15, -0.1) is 0 Å². The minimum atomic E-state index is -0.589. The number of rotatable bonds is 6. The Bertz CT molecular complexity index is 2340. The van der Waals surface area contributed by atoms with Crippen molar-refractivity contribution < 1.29 is 0 Å². The molecule has 1 aromatic heterocycles. The summed E-state index contributed by atoms with van der Waals surface area (Å²) in [6.07, 6.45) is 0. The van der Waals surface area contributed by atoms with Gasteiger partial charge in [0.25, 0.3) is 0 Å². The Labute approximate surface area is 287 Å². The van der Waals surface area contributed by atoms with Crippen LogP contribution < -0.4 is 0 Å². The van der Waals surface area contributed by atoms with Crippen LogP contribution in [0.3, 0.4) is 0 Å². The van der Waals surface area contributed by atoms with Gasteiger partial charge in [0.05, 0.1) is 16.8 Å². The van der Waals surface area contributed by atoms with E-state index in [2.05, 4.69) is 194 Å². The SMILES string of the molecule is c1ccc(-c2ccc(-c3ccc(-c4nc(-c5ccccc5)c5c(n4)-c4ccccc4C5(c4ccccc4)c4ccccc4)cc3)cc2)cc1. The van der Waals surface area contributed by atoms with Crippen molar-refractivity contribution in [3.63, 3.8) is 0 Å². The van der Waals surface area contributed by atoms with Gasteiger partial charge in [-0.2, -0.15) is 0 Å². The van der Waals surface area contributed by atoms with Crippen molar-refractivity contribution in [1.29, 1.82) is 0 Å². The molecule has 0 unspecified atom stereocenters. The summed E-state index contributed by atoms with van der Waals surface area (Å²) in [6, 6.07) is 68.9. The second kappa shape index (κ2) is 12.0. The summed E-state index contributed by atoms with van der Waals surface area (Å²) < 4.78 is 0. The Morgan fingerprint density at radius 2 is 0.694 bits per heavy atom. The fraction of sp³-hybridized carbons (Fsp3) is 0.0213. The number of benzene rings is 7. The Morgan fingerprint density at radius 1 is 0.306 bits per heavy atom. The monoisotopic (exact) mass is 624 g/mol. The lowest BCUT2D eigenvalue weighted by molar-refractivity contribution is 0.763. The zero-order chi connectivity index (χ0) is 32.6. The van der Waals surface area contributed by atoms with Crippen LogP contribution in [0, 0.1) is 0 Å². The average Bonchev–Trinajstić information content (AvgIpc) is 3.50. The van der Waals surface area contributed by atoms with E-state index in [0.29, 0.717) is 0 Å². The molecule has 2 heteroatoms. The van der Waals surface area contributed by atoms with Crippen molar-refractivity contribution in [2.75, 3.05) is 0 Å². The molecule has 0 saturated carbocycles. The number of hydrogen-bond donors (Lipinski definition) is 0. The van der Waals surface area contributed by atoms with Gasteiger partial charge in [0.1, 0.15) is 0 Å². The topological polar surface area (TPSA) is 25.8 Å². The molecular weight excluding hydrogens is 593 g/mol. The first-order chi connectivity index (χ1) is 24.3. The Hall–Kier alpha value is -6.38. The molecule has 230 valence electrons. The molecule has 0 radical (unpaired) electrons. The van der Waals surface area contributed by atoms with Crippen molar-refractivity contribution in [1.82, 2.24) is 9.97 Å². The first kappa shape index (κ1) is 28.8. The first-order valence-corrected chi connectivity index (χ1v) is 16.8. The van der Waals surface area contributed by atoms with E-state index in [9.17, 15) is 0 Å². The van der Waals surface area contributed by atoms with Crippen molar-refractivity contribution >= 4 is 0 Å². The summed E-state index contributed by atoms with van der Waals surface area (Å²) in [5.74, 6) is 0.718. The van der Waals surface area contributed by atoms with E-state index in [-0.39, 0.29) is 0 Å². The lowest BCUT2D eigenvalue weighted by Gasteiger charge is -2.34. The molecule has 8 aromatic rings. The third-order valence-corrected chi connectivity index (χ3v) is 9.80. The van der Waals surface area contributed by atoms with Gasteiger partial charge < -0.3 is 0 Å². The smallest absolute Gasteiger partial charge is 0.160 e. The van der Waals surface area contributed by atoms with Gasteiger partial charge in [0.2, 0.25) is 0 Å². The second-order valence-electron chi connectivity index (χ2n) is 12.5. The van der Waals surface area contributed by atoms with E-state index in [1.165, 1.54) is 33.4 Å². The summed E-state index contributed by atoms with van der Waals surface area (Å²) in [6.45, 7) is 0. The van der Waals surface area contributed by atoms with E-state index in [1.807, 2.05) is 0 Å². The molecule has 7 aromatic carbocycles. The maximum atomic E-state index is 5.45. The minimum absolute atomic E-state index is 0.589. The van der Waals surface area contributed by atoms with Crippen molar-refractivity contribution in [3.8, 4) is 56.2 Å². The van der Waals surface area contributed by atoms with E-state index in [1.54, 1.807) is 0 Å². The highest BCUT2D eigenvalue weighted by molar-refractivity contribution is 5.90. The summed E-state index contributed by atoms with van der Waals surface area (Å²) in [5, 5.41) is 0. The predicted molar refractivity (Wildman–Crippen MR) is 201 cm³/mol. The highest BCUT2D eigenvalue weighted by atomic mass is 14.9. The average molecular weight is 625 g/mol. The van der Waals surface area contributed by atoms with Gasteiger partial charge in [-0.05, 0) is 38.9 Å². The lowest BCUT2D eigenvalue weighted by Crippen LogP contribution is -2.29. The van der Waals surface area contributed by atoms with E-state index < -0.39 is 5.41 Å². The molecule has 0 aliphatic heterocycles. The molecule has 0 atom stereocenters. The minimum Gasteiger partial charge on any atom is -0.228 e. The standard InChI is InChI=1S/C47H32N2/c1-5-15-33(16-6-1)34-25-27-35(28-26-34)36-29-31-38(32-30-36)46-48-44(37-17-7-2-8-18-37)43-45(49-46)41-23-13-14-24-42(41)47(43,39-19-9-3-10-20-39)40-21-11-4-12-22-40/h1-32H. The maximum Gasteiger partial charge on any atom is 0.160 e. The number of hydrogen-bond acceptors (Lipinski definition) is 2. The van der Waals surface area contributed by atoms with Crippen LogP contribution in [-0.4, -0.2) is 9.97 Å². The Kier molecular flexibility index (Phi) is 7.06. The van der Waals surface area contributed by atoms with Gasteiger partial charge in [-0.3, -0.25) is 0 Å². The molecule has 0 bridgehead atoms. The predicted octanol–water partition coefficient (Wildman–Crippen LogP) is 11.5. The van der Waals surface area contributed by atoms with Crippen molar-refractivity contribution in [2.24, 2.45) is 0 Å². The molecule has 1 aliphatic carbocycles. The van der Waals surface area contributed by atoms with Gasteiger partial charge in [-0.25, -0.2) is 9.97 Å². The molecule has 1 heterocycles. The molecule has 0 fully saturated rings. The normalized spacial score (nSPS) is 12.7. The Balaban J connectivity index is 1.23. The summed E-state index contributed by atoms with van der Waals surface area (Å²) >= 11 is 0. The molecule has 0 amide bonds. The molecule has 9 rings (SSSR count). The zero-order valence-corrected chi connectivity index (χ0v) is 26.9. The summed E-state index contributed by atoms with van der Waals surface area (Å²) in [5.41, 5.74) is 14.0. The number of aromatic nitrogens is 2. The number of fused-ring (bicyclic) bond motifs is 3. The zero-order valence-electron chi connectivity index (χ0n) is 26.9. The molecule has 0 saturated heterocycles. The highest BCUT2D eigenvalue weighted by Gasteiger charge is 2.49. The van der Waals surface area contributed by atoms with Gasteiger partial charge >= 0.3 is 0 Å². The quantitative estimate of drug-likeness (QED) is 0.184. The number of nitrogens with zero attached hydrogens (tertiary/aromatic N) is 2. The Morgan fingerprint density at radius 3 is 1.22 bits per heavy atom. The van der Waals surface area contributed by atoms with Crippen LogP contribution in [0.4, 0.5) is 0 Å². The highest BCUT2D eigenvalue weighted by Crippen LogP contribution is 2.58. The van der Waals surface area contributed by atoms with Gasteiger partial charge in [0.15, 0.2) is 5.82 Å². The third kappa shape index (κ3) is 4.80. The van der Waals surface area contributed by atoms with Crippen LogP contribution >= 0.6 is 0 Å². The van der Waals surface area contributed by atoms with Crippen LogP contribution in [0.2, 0.25) is 0 Å². The molecule has 2 nitrogen and oxygen atoms in total. The first-order valence-electron chi connectivity index (χ1n) is 16.8.